The molecule has 2 aromatic rings. The average molecular weight is 325 g/mol. The first-order valence-corrected chi connectivity index (χ1v) is 8.66. The molecular weight excluding hydrogens is 302 g/mol. The van der Waals surface area contributed by atoms with E-state index in [4.69, 9.17) is 10.8 Å². The molecule has 0 bridgehead atoms. The van der Waals surface area contributed by atoms with Crippen LogP contribution in [0.25, 0.3) is 11.3 Å². The van der Waals surface area contributed by atoms with Gasteiger partial charge in [0.1, 0.15) is 5.82 Å². The predicted molar refractivity (Wildman–Crippen MR) is 92.4 cm³/mol. The van der Waals surface area contributed by atoms with E-state index in [0.29, 0.717) is 18.4 Å². The molecule has 2 aliphatic rings. The summed E-state index contributed by atoms with van der Waals surface area (Å²) in [6.07, 6.45) is 8.39. The van der Waals surface area contributed by atoms with E-state index >= 15 is 0 Å². The number of aromatic nitrogens is 3. The summed E-state index contributed by atoms with van der Waals surface area (Å²) in [6, 6.07) is 4.26. The van der Waals surface area contributed by atoms with Gasteiger partial charge < -0.3 is 11.1 Å². The summed E-state index contributed by atoms with van der Waals surface area (Å²) in [4.78, 5) is 16.5. The van der Waals surface area contributed by atoms with E-state index in [-0.39, 0.29) is 11.8 Å². The van der Waals surface area contributed by atoms with E-state index in [0.717, 1.165) is 42.8 Å². The van der Waals surface area contributed by atoms with Crippen LogP contribution in [0.4, 0.5) is 5.82 Å². The maximum absolute atomic E-state index is 12.3. The number of nitrogens with two attached hydrogens (primary N) is 1. The summed E-state index contributed by atoms with van der Waals surface area (Å²) in [5.41, 5.74) is 9.19. The van der Waals surface area contributed by atoms with Gasteiger partial charge in [-0.3, -0.25) is 14.5 Å². The molecule has 24 heavy (non-hydrogen) atoms. The van der Waals surface area contributed by atoms with Gasteiger partial charge in [0, 0.05) is 48.9 Å². The molecule has 1 fully saturated rings. The Labute approximate surface area is 141 Å². The summed E-state index contributed by atoms with van der Waals surface area (Å²) >= 11 is 0. The largest absolute Gasteiger partial charge is 0.328 e. The van der Waals surface area contributed by atoms with E-state index in [1.54, 1.807) is 10.9 Å². The van der Waals surface area contributed by atoms with Crippen LogP contribution in [-0.4, -0.2) is 26.7 Å². The lowest BCUT2D eigenvalue weighted by atomic mass is 9.72. The van der Waals surface area contributed by atoms with Gasteiger partial charge in [0.2, 0.25) is 5.91 Å². The van der Waals surface area contributed by atoms with Crippen molar-refractivity contribution in [2.75, 3.05) is 5.32 Å². The number of rotatable bonds is 2. The third-order valence-corrected chi connectivity index (χ3v) is 5.44. The highest BCUT2D eigenvalue weighted by Crippen LogP contribution is 2.46. The zero-order valence-corrected chi connectivity index (χ0v) is 13.9. The van der Waals surface area contributed by atoms with Gasteiger partial charge in [-0.25, -0.2) is 0 Å². The number of anilines is 1. The molecule has 0 radical (unpaired) electrons. The number of aryl methyl sites for hydroxylation is 1. The van der Waals surface area contributed by atoms with Gasteiger partial charge in [0.25, 0.3) is 0 Å². The monoisotopic (exact) mass is 325 g/mol. The van der Waals surface area contributed by atoms with Gasteiger partial charge in [-0.2, -0.15) is 5.10 Å². The van der Waals surface area contributed by atoms with Crippen molar-refractivity contribution in [1.29, 1.82) is 0 Å². The van der Waals surface area contributed by atoms with Gasteiger partial charge in [-0.1, -0.05) is 0 Å². The average Bonchev–Trinajstić information content (AvgIpc) is 2.93. The Morgan fingerprint density at radius 3 is 2.79 bits per heavy atom. The highest BCUT2D eigenvalue weighted by molar-refractivity contribution is 5.95. The van der Waals surface area contributed by atoms with Crippen molar-refractivity contribution in [2.24, 2.45) is 18.7 Å². The van der Waals surface area contributed by atoms with Gasteiger partial charge in [-0.05, 0) is 43.7 Å². The molecule has 6 heteroatoms. The van der Waals surface area contributed by atoms with E-state index < -0.39 is 0 Å². The summed E-state index contributed by atoms with van der Waals surface area (Å²) in [5, 5.41) is 7.71. The fourth-order valence-corrected chi connectivity index (χ4v) is 4.19. The van der Waals surface area contributed by atoms with Crippen molar-refractivity contribution in [3.63, 3.8) is 0 Å². The van der Waals surface area contributed by atoms with Gasteiger partial charge in [0.15, 0.2) is 0 Å². The predicted octanol–water partition coefficient (Wildman–Crippen LogP) is 2.43. The molecule has 1 amide bonds. The SMILES string of the molecule is Cn1nc(-c2cccnc2)c2c1NC(=O)CC2C1CCC(N)CC1. The van der Waals surface area contributed by atoms with Crippen LogP contribution in [0.3, 0.4) is 0 Å². The number of pyridine rings is 1. The minimum absolute atomic E-state index is 0.0862. The lowest BCUT2D eigenvalue weighted by molar-refractivity contribution is -0.117. The molecule has 0 saturated heterocycles. The van der Waals surface area contributed by atoms with Crippen molar-refractivity contribution >= 4 is 11.7 Å². The van der Waals surface area contributed by atoms with Crippen molar-refractivity contribution < 1.29 is 4.79 Å². The van der Waals surface area contributed by atoms with Crippen LogP contribution in [0.5, 0.6) is 0 Å². The molecule has 1 atom stereocenters. The summed E-state index contributed by atoms with van der Waals surface area (Å²) in [7, 11) is 1.89. The lowest BCUT2D eigenvalue weighted by Crippen LogP contribution is -2.33. The highest BCUT2D eigenvalue weighted by Gasteiger charge is 2.37. The van der Waals surface area contributed by atoms with Crippen molar-refractivity contribution in [2.45, 2.75) is 44.1 Å². The molecule has 1 saturated carbocycles. The Morgan fingerprint density at radius 1 is 1.29 bits per heavy atom. The van der Waals surface area contributed by atoms with Crippen molar-refractivity contribution in [3.8, 4) is 11.3 Å². The second kappa shape index (κ2) is 6.02. The van der Waals surface area contributed by atoms with Crippen LogP contribution < -0.4 is 11.1 Å². The van der Waals surface area contributed by atoms with Gasteiger partial charge in [0.05, 0.1) is 5.69 Å². The molecule has 3 heterocycles. The second-order valence-electron chi connectivity index (χ2n) is 7.01. The molecule has 4 rings (SSSR count). The van der Waals surface area contributed by atoms with Gasteiger partial charge in [-0.15, -0.1) is 0 Å². The number of fused-ring (bicyclic) bond motifs is 1. The Bertz CT molecular complexity index is 746. The van der Waals surface area contributed by atoms with Crippen LogP contribution >= 0.6 is 0 Å². The van der Waals surface area contributed by atoms with Gasteiger partial charge >= 0.3 is 0 Å². The minimum atomic E-state index is 0.0862. The number of hydrogen-bond donors (Lipinski definition) is 2. The summed E-state index contributed by atoms with van der Waals surface area (Å²) in [6.45, 7) is 0. The Kier molecular flexibility index (Phi) is 3.84. The summed E-state index contributed by atoms with van der Waals surface area (Å²) in [5.74, 6) is 1.63. The van der Waals surface area contributed by atoms with Crippen LogP contribution in [-0.2, 0) is 11.8 Å². The molecular formula is C18H23N5O. The fourth-order valence-electron chi connectivity index (χ4n) is 4.19. The van der Waals surface area contributed by atoms with Crippen LogP contribution in [0.15, 0.2) is 24.5 Å². The first-order valence-electron chi connectivity index (χ1n) is 8.66. The lowest BCUT2D eigenvalue weighted by Gasteiger charge is -2.35. The minimum Gasteiger partial charge on any atom is -0.328 e. The van der Waals surface area contributed by atoms with Crippen LogP contribution in [0.1, 0.15) is 43.6 Å². The molecule has 3 N–H and O–H groups in total. The molecule has 2 aromatic heterocycles. The number of nitrogens with one attached hydrogen (secondary N) is 1. The molecule has 126 valence electrons. The number of carbonyl (C=O) groups excluding carboxylic acids is 1. The van der Waals surface area contributed by atoms with Crippen LogP contribution in [0, 0.1) is 5.92 Å². The first-order chi connectivity index (χ1) is 11.6. The molecule has 1 aliphatic carbocycles. The van der Waals surface area contributed by atoms with Crippen molar-refractivity contribution in [1.82, 2.24) is 14.8 Å². The fraction of sp³-hybridized carbons (Fsp3) is 0.500. The Balaban J connectivity index is 1.78. The summed E-state index contributed by atoms with van der Waals surface area (Å²) < 4.78 is 1.79. The standard InChI is InChI=1S/C18H23N5O/c1-23-18-16(17(22-23)12-3-2-8-20-10-12)14(9-15(24)21-18)11-4-6-13(19)7-5-11/h2-3,8,10-11,13-14H,4-7,9,19H2,1H3,(H,21,24). The number of hydrogen-bond acceptors (Lipinski definition) is 4. The smallest absolute Gasteiger partial charge is 0.226 e. The topological polar surface area (TPSA) is 85.8 Å². The van der Waals surface area contributed by atoms with E-state index in [1.165, 1.54) is 5.56 Å². The molecule has 6 nitrogen and oxygen atoms in total. The molecule has 0 aromatic carbocycles. The highest BCUT2D eigenvalue weighted by atomic mass is 16.1. The zero-order valence-electron chi connectivity index (χ0n) is 13.9. The van der Waals surface area contributed by atoms with Crippen LogP contribution in [0.2, 0.25) is 0 Å². The third-order valence-electron chi connectivity index (χ3n) is 5.44. The zero-order chi connectivity index (χ0) is 16.7. The van der Waals surface area contributed by atoms with Crippen molar-refractivity contribution in [3.05, 3.63) is 30.1 Å². The van der Waals surface area contributed by atoms with E-state index in [2.05, 4.69) is 10.3 Å². The Hall–Kier alpha value is -2.21. The molecule has 1 unspecified atom stereocenters. The maximum Gasteiger partial charge on any atom is 0.226 e. The molecule has 1 aliphatic heterocycles. The number of amides is 1. The van der Waals surface area contributed by atoms with E-state index in [9.17, 15) is 4.79 Å². The Morgan fingerprint density at radius 2 is 2.08 bits per heavy atom. The quantitative estimate of drug-likeness (QED) is 0.888. The number of carbonyl (C=O) groups is 1. The van der Waals surface area contributed by atoms with E-state index in [1.807, 2.05) is 25.4 Å². The molecule has 0 spiro atoms. The second-order valence-corrected chi connectivity index (χ2v) is 7.01. The third kappa shape index (κ3) is 2.60. The normalized spacial score (nSPS) is 26.8. The number of nitrogens with zero attached hydrogens (tertiary/aromatic N) is 3. The maximum atomic E-state index is 12.3. The first kappa shape index (κ1) is 15.3.